The fraction of sp³-hybridized carbons (Fsp3) is 0.417. The first kappa shape index (κ1) is 14.9. The topological polar surface area (TPSA) is 50.7 Å². The van der Waals surface area contributed by atoms with Gasteiger partial charge >= 0.3 is 6.18 Å². The van der Waals surface area contributed by atoms with Crippen LogP contribution in [0.3, 0.4) is 0 Å². The molecule has 1 atom stereocenters. The van der Waals surface area contributed by atoms with Crippen LogP contribution in [0, 0.1) is 6.92 Å². The molecule has 0 amide bonds. The van der Waals surface area contributed by atoms with E-state index in [9.17, 15) is 13.2 Å². The van der Waals surface area contributed by atoms with Crippen molar-refractivity contribution >= 4 is 11.3 Å². The van der Waals surface area contributed by atoms with Crippen molar-refractivity contribution in [2.24, 2.45) is 0 Å². The monoisotopic (exact) mass is 302 g/mol. The van der Waals surface area contributed by atoms with Crippen molar-refractivity contribution in [3.8, 4) is 0 Å². The van der Waals surface area contributed by atoms with Gasteiger partial charge in [-0.15, -0.1) is 11.3 Å². The van der Waals surface area contributed by atoms with E-state index >= 15 is 0 Å². The van der Waals surface area contributed by atoms with E-state index in [4.69, 9.17) is 0 Å². The Bertz CT molecular complexity index is 565. The maximum atomic E-state index is 12.6. The summed E-state index contributed by atoms with van der Waals surface area (Å²) in [4.78, 5) is 12.2. The molecule has 0 aromatic carbocycles. The summed E-state index contributed by atoms with van der Waals surface area (Å²) in [7, 11) is 0. The van der Waals surface area contributed by atoms with Crippen LogP contribution in [-0.2, 0) is 6.18 Å². The molecular weight excluding hydrogens is 289 g/mol. The van der Waals surface area contributed by atoms with Crippen LogP contribution in [-0.4, -0.2) is 21.5 Å². The molecule has 0 saturated heterocycles. The van der Waals surface area contributed by atoms with Crippen LogP contribution < -0.4 is 5.32 Å². The summed E-state index contributed by atoms with van der Waals surface area (Å²) in [6.07, 6.45) is -0.0258. The molecule has 20 heavy (non-hydrogen) atoms. The fourth-order valence-corrected chi connectivity index (χ4v) is 2.53. The van der Waals surface area contributed by atoms with Crippen LogP contribution >= 0.6 is 11.3 Å². The van der Waals surface area contributed by atoms with Gasteiger partial charge in [-0.1, -0.05) is 6.92 Å². The first-order chi connectivity index (χ1) is 9.41. The Labute approximate surface area is 118 Å². The SMILES string of the molecule is CCNC(c1cnc(C)cn1)c1cnc(C(F)(F)F)s1. The van der Waals surface area contributed by atoms with Crippen LogP contribution in [0.25, 0.3) is 0 Å². The average Bonchev–Trinajstić information content (AvgIpc) is 2.86. The normalized spacial score (nSPS) is 13.4. The molecule has 1 N–H and O–H groups in total. The maximum Gasteiger partial charge on any atom is 0.443 e. The molecule has 2 aromatic rings. The van der Waals surface area contributed by atoms with Gasteiger partial charge in [0.1, 0.15) is 0 Å². The molecule has 0 aliphatic carbocycles. The van der Waals surface area contributed by atoms with Crippen LogP contribution in [0.4, 0.5) is 13.2 Å². The lowest BCUT2D eigenvalue weighted by atomic mass is 10.2. The van der Waals surface area contributed by atoms with E-state index in [2.05, 4.69) is 20.3 Å². The van der Waals surface area contributed by atoms with Gasteiger partial charge in [0.05, 0.1) is 23.6 Å². The molecule has 0 spiro atoms. The summed E-state index contributed by atoms with van der Waals surface area (Å²) in [5.74, 6) is 0. The van der Waals surface area contributed by atoms with Gasteiger partial charge in [0.2, 0.25) is 0 Å². The first-order valence-electron chi connectivity index (χ1n) is 5.96. The van der Waals surface area contributed by atoms with Gasteiger partial charge in [-0.25, -0.2) is 4.98 Å². The minimum atomic E-state index is -4.42. The quantitative estimate of drug-likeness (QED) is 0.943. The summed E-state index contributed by atoms with van der Waals surface area (Å²) in [5.41, 5.74) is 1.33. The molecule has 2 aromatic heterocycles. The van der Waals surface area contributed by atoms with E-state index in [0.29, 0.717) is 28.5 Å². The van der Waals surface area contributed by atoms with Crippen LogP contribution in [0.2, 0.25) is 0 Å². The molecule has 0 fully saturated rings. The smallest absolute Gasteiger partial charge is 0.304 e. The Kier molecular flexibility index (Phi) is 4.34. The lowest BCUT2D eigenvalue weighted by molar-refractivity contribution is -0.137. The van der Waals surface area contributed by atoms with Crippen molar-refractivity contribution in [1.29, 1.82) is 0 Å². The number of rotatable bonds is 4. The third kappa shape index (κ3) is 3.31. The van der Waals surface area contributed by atoms with Crippen molar-refractivity contribution in [1.82, 2.24) is 20.3 Å². The van der Waals surface area contributed by atoms with Crippen molar-refractivity contribution in [3.63, 3.8) is 0 Å². The fourth-order valence-electron chi connectivity index (χ4n) is 1.66. The third-order valence-corrected chi connectivity index (χ3v) is 3.66. The molecule has 8 heteroatoms. The van der Waals surface area contributed by atoms with Gasteiger partial charge in [0.25, 0.3) is 0 Å². The Balaban J connectivity index is 2.33. The lowest BCUT2D eigenvalue weighted by Crippen LogP contribution is -2.22. The zero-order chi connectivity index (χ0) is 14.8. The largest absolute Gasteiger partial charge is 0.443 e. The van der Waals surface area contributed by atoms with Crippen LogP contribution in [0.1, 0.15) is 34.2 Å². The summed E-state index contributed by atoms with van der Waals surface area (Å²) in [6, 6.07) is -0.429. The minimum Gasteiger partial charge on any atom is -0.304 e. The second-order valence-electron chi connectivity index (χ2n) is 4.14. The van der Waals surface area contributed by atoms with Gasteiger partial charge in [-0.05, 0) is 13.5 Å². The highest BCUT2D eigenvalue weighted by Gasteiger charge is 2.35. The molecule has 108 valence electrons. The molecule has 2 heterocycles. The van der Waals surface area contributed by atoms with Crippen molar-refractivity contribution < 1.29 is 13.2 Å². The van der Waals surface area contributed by atoms with E-state index in [1.165, 1.54) is 6.20 Å². The molecule has 0 aliphatic rings. The van der Waals surface area contributed by atoms with Gasteiger partial charge in [-0.3, -0.25) is 9.97 Å². The maximum absolute atomic E-state index is 12.6. The first-order valence-corrected chi connectivity index (χ1v) is 6.78. The Morgan fingerprint density at radius 2 is 1.95 bits per heavy atom. The minimum absolute atomic E-state index is 0.429. The molecule has 0 radical (unpaired) electrons. The average molecular weight is 302 g/mol. The number of nitrogens with zero attached hydrogens (tertiary/aromatic N) is 3. The Morgan fingerprint density at radius 3 is 2.45 bits per heavy atom. The molecule has 4 nitrogen and oxygen atoms in total. The van der Waals surface area contributed by atoms with Gasteiger partial charge in [0, 0.05) is 17.3 Å². The second-order valence-corrected chi connectivity index (χ2v) is 5.20. The number of aryl methyl sites for hydroxylation is 1. The highest BCUT2D eigenvalue weighted by atomic mass is 32.1. The lowest BCUT2D eigenvalue weighted by Gasteiger charge is -2.15. The van der Waals surface area contributed by atoms with Crippen molar-refractivity contribution in [2.75, 3.05) is 6.54 Å². The van der Waals surface area contributed by atoms with Gasteiger partial charge in [0.15, 0.2) is 5.01 Å². The number of thiazole rings is 1. The van der Waals surface area contributed by atoms with Crippen LogP contribution in [0.15, 0.2) is 18.6 Å². The summed E-state index contributed by atoms with van der Waals surface area (Å²) in [5, 5.41) is 2.25. The predicted octanol–water partition coefficient (Wildman–Crippen LogP) is 2.96. The van der Waals surface area contributed by atoms with Gasteiger partial charge in [-0.2, -0.15) is 13.2 Å². The van der Waals surface area contributed by atoms with E-state index in [1.807, 2.05) is 6.92 Å². The van der Waals surface area contributed by atoms with E-state index < -0.39 is 17.2 Å². The number of alkyl halides is 3. The van der Waals surface area contributed by atoms with E-state index in [0.717, 1.165) is 5.69 Å². The molecule has 0 bridgehead atoms. The standard InChI is InChI=1S/C12H13F3N4S/c1-3-16-10(8-5-17-7(2)4-18-8)9-6-19-11(20-9)12(13,14)15/h4-6,10,16H,3H2,1-2H3. The second kappa shape index (κ2) is 5.84. The summed E-state index contributed by atoms with van der Waals surface area (Å²) in [6.45, 7) is 4.27. The summed E-state index contributed by atoms with van der Waals surface area (Å²) < 4.78 is 37.8. The molecule has 0 aliphatic heterocycles. The highest BCUT2D eigenvalue weighted by Crippen LogP contribution is 2.35. The molecule has 1 unspecified atom stereocenters. The number of aromatic nitrogens is 3. The highest BCUT2D eigenvalue weighted by molar-refractivity contribution is 7.11. The number of nitrogens with one attached hydrogen (secondary N) is 1. The Morgan fingerprint density at radius 1 is 1.20 bits per heavy atom. The number of hydrogen-bond acceptors (Lipinski definition) is 5. The zero-order valence-electron chi connectivity index (χ0n) is 10.9. The third-order valence-electron chi connectivity index (χ3n) is 2.56. The number of hydrogen-bond donors (Lipinski definition) is 1. The van der Waals surface area contributed by atoms with Gasteiger partial charge < -0.3 is 5.32 Å². The van der Waals surface area contributed by atoms with E-state index in [1.54, 1.807) is 19.3 Å². The predicted molar refractivity (Wildman–Crippen MR) is 69.4 cm³/mol. The van der Waals surface area contributed by atoms with Crippen molar-refractivity contribution in [3.05, 3.63) is 39.9 Å². The summed E-state index contributed by atoms with van der Waals surface area (Å²) >= 11 is 0.621. The Hall–Kier alpha value is -1.54. The molecule has 0 saturated carbocycles. The van der Waals surface area contributed by atoms with Crippen LogP contribution in [0.5, 0.6) is 0 Å². The van der Waals surface area contributed by atoms with Crippen molar-refractivity contribution in [2.45, 2.75) is 26.1 Å². The van der Waals surface area contributed by atoms with E-state index in [-0.39, 0.29) is 0 Å². The molecule has 2 rings (SSSR count). The zero-order valence-corrected chi connectivity index (χ0v) is 11.7. The molecular formula is C12H13F3N4S. The number of halogens is 3.